The summed E-state index contributed by atoms with van der Waals surface area (Å²) in [5.74, 6) is -7.93. The highest BCUT2D eigenvalue weighted by atomic mass is 19.3. The molecule has 2 saturated carbocycles. The van der Waals surface area contributed by atoms with Crippen LogP contribution in [0.15, 0.2) is 48.5 Å². The molecule has 3 aliphatic rings. The van der Waals surface area contributed by atoms with Crippen molar-refractivity contribution in [3.8, 4) is 11.1 Å². The van der Waals surface area contributed by atoms with Crippen LogP contribution in [0.4, 0.5) is 13.6 Å². The van der Waals surface area contributed by atoms with E-state index < -0.39 is 41.4 Å². The van der Waals surface area contributed by atoms with Crippen LogP contribution < -0.4 is 10.6 Å². The van der Waals surface area contributed by atoms with Gasteiger partial charge in [0, 0.05) is 5.92 Å². The van der Waals surface area contributed by atoms with Gasteiger partial charge >= 0.3 is 18.0 Å². The van der Waals surface area contributed by atoms with E-state index in [0.29, 0.717) is 12.8 Å². The highest BCUT2D eigenvalue weighted by Gasteiger charge is 2.58. The third-order valence-electron chi connectivity index (χ3n) is 6.93. The van der Waals surface area contributed by atoms with Gasteiger partial charge in [-0.1, -0.05) is 48.5 Å². The number of rotatable bonds is 8. The maximum Gasteiger partial charge on any atom is 0.408 e. The van der Waals surface area contributed by atoms with Gasteiger partial charge in [0.15, 0.2) is 0 Å². The molecule has 0 spiro atoms. The van der Waals surface area contributed by atoms with E-state index in [2.05, 4.69) is 10.6 Å². The van der Waals surface area contributed by atoms with Crippen molar-refractivity contribution in [1.82, 2.24) is 10.6 Å². The Morgan fingerprint density at radius 2 is 1.59 bits per heavy atom. The topological polar surface area (TPSA) is 105 Å². The van der Waals surface area contributed by atoms with Crippen molar-refractivity contribution in [2.24, 2.45) is 5.92 Å². The average molecular weight is 470 g/mol. The van der Waals surface area contributed by atoms with Crippen molar-refractivity contribution in [2.45, 2.75) is 49.1 Å². The number of carbonyl (C=O) groups excluding carboxylic acids is 2. The second kappa shape index (κ2) is 8.07. The Morgan fingerprint density at radius 3 is 2.09 bits per heavy atom. The number of hydrogen-bond donors (Lipinski definition) is 3. The lowest BCUT2D eigenvalue weighted by molar-refractivity contribution is -0.171. The number of amides is 2. The van der Waals surface area contributed by atoms with Crippen LogP contribution in [0.25, 0.3) is 11.1 Å². The molecule has 2 aromatic rings. The second-order valence-electron chi connectivity index (χ2n) is 9.25. The van der Waals surface area contributed by atoms with Gasteiger partial charge in [-0.05, 0) is 53.9 Å². The van der Waals surface area contributed by atoms with Gasteiger partial charge in [0.2, 0.25) is 5.91 Å². The first-order valence-corrected chi connectivity index (χ1v) is 11.3. The highest BCUT2D eigenvalue weighted by molar-refractivity contribution is 5.93. The summed E-state index contributed by atoms with van der Waals surface area (Å²) in [4.78, 5) is 36.3. The molecule has 178 valence electrons. The average Bonchev–Trinajstić information content (AvgIpc) is 3.75. The van der Waals surface area contributed by atoms with Crippen LogP contribution in [0.2, 0.25) is 0 Å². The number of nitrogens with one attached hydrogen (secondary N) is 2. The normalized spacial score (nSPS) is 18.9. The second-order valence-corrected chi connectivity index (χ2v) is 9.25. The highest BCUT2D eigenvalue weighted by Crippen LogP contribution is 2.45. The zero-order valence-electron chi connectivity index (χ0n) is 18.2. The van der Waals surface area contributed by atoms with E-state index in [1.54, 1.807) is 0 Å². The van der Waals surface area contributed by atoms with Crippen molar-refractivity contribution in [3.63, 3.8) is 0 Å². The number of ether oxygens (including phenoxy) is 1. The fourth-order valence-electron chi connectivity index (χ4n) is 4.71. The van der Waals surface area contributed by atoms with Crippen LogP contribution >= 0.6 is 0 Å². The summed E-state index contributed by atoms with van der Waals surface area (Å²) in [6.45, 7) is 0.0549. The fraction of sp³-hybridized carbons (Fsp3) is 0.400. The Bertz CT molecular complexity index is 1110. The Morgan fingerprint density at radius 1 is 1.03 bits per heavy atom. The van der Waals surface area contributed by atoms with Gasteiger partial charge in [-0.2, -0.15) is 8.78 Å². The number of carbonyl (C=O) groups is 3. The maximum absolute atomic E-state index is 14.1. The molecule has 9 heteroatoms. The molecule has 34 heavy (non-hydrogen) atoms. The van der Waals surface area contributed by atoms with Crippen LogP contribution in [-0.4, -0.2) is 47.2 Å². The Balaban J connectivity index is 1.23. The molecule has 1 unspecified atom stereocenters. The van der Waals surface area contributed by atoms with Gasteiger partial charge in [0.1, 0.15) is 18.2 Å². The number of carboxylic acid groups (broad SMARTS) is 1. The summed E-state index contributed by atoms with van der Waals surface area (Å²) in [7, 11) is 0. The van der Waals surface area contributed by atoms with E-state index in [0.717, 1.165) is 22.3 Å². The molecule has 2 amide bonds. The summed E-state index contributed by atoms with van der Waals surface area (Å²) >= 11 is 0. The Labute approximate surface area is 194 Å². The lowest BCUT2D eigenvalue weighted by atomic mass is 9.98. The predicted octanol–water partition coefficient (Wildman–Crippen LogP) is 3.67. The number of fused-ring (bicyclic) bond motifs is 3. The van der Waals surface area contributed by atoms with E-state index in [9.17, 15) is 23.2 Å². The first-order valence-electron chi connectivity index (χ1n) is 11.3. The molecule has 0 aromatic heterocycles. The van der Waals surface area contributed by atoms with E-state index in [1.165, 1.54) is 0 Å². The standard InChI is InChI=1S/C25H24F2N2O5/c26-25(27,22(31)32)20(14-9-10-14)28-21(30)24(11-12-24)29-23(33)34-13-19-17-7-3-1-5-15(17)16-6-2-4-8-18(16)19/h1-8,14,19-20H,9-13H2,(H,28,30)(H,29,33)(H,31,32). The van der Waals surface area contributed by atoms with Crippen molar-refractivity contribution in [3.05, 3.63) is 59.7 Å². The van der Waals surface area contributed by atoms with Crippen LogP contribution in [0.1, 0.15) is 42.7 Å². The summed E-state index contributed by atoms with van der Waals surface area (Å²) in [6.07, 6.45) is 0.543. The number of aliphatic carboxylic acids is 1. The van der Waals surface area contributed by atoms with Gasteiger partial charge in [0.25, 0.3) is 0 Å². The first kappa shape index (κ1) is 22.3. The van der Waals surface area contributed by atoms with Crippen LogP contribution in [0, 0.1) is 5.92 Å². The third-order valence-corrected chi connectivity index (χ3v) is 6.93. The number of carboxylic acids is 1. The fourth-order valence-corrected chi connectivity index (χ4v) is 4.71. The monoisotopic (exact) mass is 470 g/mol. The van der Waals surface area contributed by atoms with Gasteiger partial charge in [-0.25, -0.2) is 9.59 Å². The zero-order valence-corrected chi connectivity index (χ0v) is 18.2. The van der Waals surface area contributed by atoms with Gasteiger partial charge in [-0.3, -0.25) is 4.79 Å². The molecule has 2 aromatic carbocycles. The molecule has 0 bridgehead atoms. The number of alkyl carbamates (subject to hydrolysis) is 1. The van der Waals surface area contributed by atoms with Crippen LogP contribution in [0.3, 0.4) is 0 Å². The lowest BCUT2D eigenvalue weighted by Gasteiger charge is -2.27. The Hall–Kier alpha value is -3.49. The molecule has 0 heterocycles. The smallest absolute Gasteiger partial charge is 0.408 e. The molecular weight excluding hydrogens is 446 g/mol. The lowest BCUT2D eigenvalue weighted by Crippen LogP contribution is -2.58. The van der Waals surface area contributed by atoms with Crippen molar-refractivity contribution >= 4 is 18.0 Å². The minimum Gasteiger partial charge on any atom is -0.477 e. The first-order chi connectivity index (χ1) is 16.2. The molecule has 0 aliphatic heterocycles. The molecule has 0 radical (unpaired) electrons. The summed E-state index contributed by atoms with van der Waals surface area (Å²) in [5, 5.41) is 13.6. The number of hydrogen-bond acceptors (Lipinski definition) is 4. The molecule has 1 atom stereocenters. The summed E-state index contributed by atoms with van der Waals surface area (Å²) in [6, 6.07) is 13.9. The third kappa shape index (κ3) is 3.89. The molecule has 0 saturated heterocycles. The van der Waals surface area contributed by atoms with E-state index in [1.807, 2.05) is 48.5 Å². The SMILES string of the molecule is O=C(NC1(C(=O)NC(C2CC2)C(F)(F)C(=O)O)CC1)OCC1c2ccccc2-c2ccccc21. The number of halogens is 2. The van der Waals surface area contributed by atoms with E-state index >= 15 is 0 Å². The van der Waals surface area contributed by atoms with E-state index in [-0.39, 0.29) is 25.4 Å². The zero-order chi connectivity index (χ0) is 24.1. The summed E-state index contributed by atoms with van der Waals surface area (Å²) in [5.41, 5.74) is 2.88. The minimum atomic E-state index is -4.09. The minimum absolute atomic E-state index is 0.0549. The van der Waals surface area contributed by atoms with Crippen LogP contribution in [0.5, 0.6) is 0 Å². The summed E-state index contributed by atoms with van der Waals surface area (Å²) < 4.78 is 33.7. The number of benzene rings is 2. The molecule has 3 N–H and O–H groups in total. The molecule has 3 aliphatic carbocycles. The molecule has 2 fully saturated rings. The quantitative estimate of drug-likeness (QED) is 0.546. The van der Waals surface area contributed by atoms with E-state index in [4.69, 9.17) is 9.84 Å². The molecule has 5 rings (SSSR count). The van der Waals surface area contributed by atoms with Gasteiger partial charge < -0.3 is 20.5 Å². The van der Waals surface area contributed by atoms with Gasteiger partial charge in [-0.15, -0.1) is 0 Å². The van der Waals surface area contributed by atoms with Crippen molar-refractivity contribution in [1.29, 1.82) is 0 Å². The van der Waals surface area contributed by atoms with Gasteiger partial charge in [0.05, 0.1) is 0 Å². The van der Waals surface area contributed by atoms with Crippen molar-refractivity contribution in [2.75, 3.05) is 6.61 Å². The largest absolute Gasteiger partial charge is 0.477 e. The molecule has 7 nitrogen and oxygen atoms in total. The Kier molecular flexibility index (Phi) is 5.30. The predicted molar refractivity (Wildman–Crippen MR) is 117 cm³/mol. The van der Waals surface area contributed by atoms with Crippen LogP contribution in [-0.2, 0) is 14.3 Å². The molecular formula is C25H24F2N2O5. The number of alkyl halides is 2. The maximum atomic E-state index is 14.1. The van der Waals surface area contributed by atoms with Crippen molar-refractivity contribution < 1.29 is 33.0 Å².